The first-order valence-electron chi connectivity index (χ1n) is 7.10. The zero-order chi connectivity index (χ0) is 15.5. The minimum absolute atomic E-state index is 0.118. The lowest BCUT2D eigenvalue weighted by Gasteiger charge is -2.28. The number of rotatable bonds is 5. The molecule has 1 aliphatic carbocycles. The highest BCUT2D eigenvalue weighted by Crippen LogP contribution is 2.30. The van der Waals surface area contributed by atoms with Crippen LogP contribution in [-0.4, -0.2) is 40.2 Å². The fourth-order valence-corrected chi connectivity index (χ4v) is 3.01. The normalized spacial score (nSPS) is 18.4. The number of nitrogens with two attached hydrogens (primary N) is 1. The van der Waals surface area contributed by atoms with Gasteiger partial charge in [0.2, 0.25) is 0 Å². The second-order valence-corrected chi connectivity index (χ2v) is 5.94. The van der Waals surface area contributed by atoms with Gasteiger partial charge in [0, 0.05) is 18.7 Å². The number of oxime groups is 1. The van der Waals surface area contributed by atoms with E-state index in [0.29, 0.717) is 18.7 Å². The van der Waals surface area contributed by atoms with Gasteiger partial charge in [0.25, 0.3) is 0 Å². The molecule has 0 atom stereocenters. The fourth-order valence-electron chi connectivity index (χ4n) is 3.01. The summed E-state index contributed by atoms with van der Waals surface area (Å²) in [7, 11) is 1.89. The Kier molecular flexibility index (Phi) is 4.80. The first-order valence-corrected chi connectivity index (χ1v) is 7.10. The standard InChI is InChI=1S/C15H22FN3O2/c1-19(10-15(20)4-2-3-5-15)9-11-6-12(14(17)18-21)8-13(16)7-11/h6-8,20-21H,2-5,9-10H2,1H3,(H2,17,18). The maximum Gasteiger partial charge on any atom is 0.170 e. The molecule has 1 aromatic carbocycles. The van der Waals surface area contributed by atoms with Crippen LogP contribution >= 0.6 is 0 Å². The number of hydrogen-bond donors (Lipinski definition) is 3. The molecule has 0 heterocycles. The molecule has 21 heavy (non-hydrogen) atoms. The molecular formula is C15H22FN3O2. The monoisotopic (exact) mass is 295 g/mol. The van der Waals surface area contributed by atoms with Crippen molar-refractivity contribution in [2.24, 2.45) is 10.9 Å². The minimum Gasteiger partial charge on any atom is -0.409 e. The highest BCUT2D eigenvalue weighted by molar-refractivity contribution is 5.97. The zero-order valence-electron chi connectivity index (χ0n) is 12.2. The van der Waals surface area contributed by atoms with E-state index < -0.39 is 11.4 Å². The fraction of sp³-hybridized carbons (Fsp3) is 0.533. The Morgan fingerprint density at radius 1 is 1.38 bits per heavy atom. The van der Waals surface area contributed by atoms with Crippen LogP contribution in [0, 0.1) is 5.82 Å². The third-order valence-corrected chi connectivity index (χ3v) is 3.91. The quantitative estimate of drug-likeness (QED) is 0.334. The summed E-state index contributed by atoms with van der Waals surface area (Å²) < 4.78 is 13.6. The summed E-state index contributed by atoms with van der Waals surface area (Å²) in [5.41, 5.74) is 5.94. The largest absolute Gasteiger partial charge is 0.409 e. The SMILES string of the molecule is CN(Cc1cc(F)cc(/C(N)=N/O)c1)CC1(O)CCCC1. The first-order chi connectivity index (χ1) is 9.92. The zero-order valence-corrected chi connectivity index (χ0v) is 12.2. The Morgan fingerprint density at radius 3 is 2.67 bits per heavy atom. The number of likely N-dealkylation sites (N-methyl/N-ethyl adjacent to an activating group) is 1. The van der Waals surface area contributed by atoms with E-state index in [1.807, 2.05) is 11.9 Å². The van der Waals surface area contributed by atoms with E-state index in [9.17, 15) is 9.50 Å². The molecule has 5 nitrogen and oxygen atoms in total. The van der Waals surface area contributed by atoms with Gasteiger partial charge in [-0.05, 0) is 43.7 Å². The molecule has 1 aromatic rings. The van der Waals surface area contributed by atoms with Crippen LogP contribution in [0.1, 0.15) is 36.8 Å². The number of hydrogen-bond acceptors (Lipinski definition) is 4. The van der Waals surface area contributed by atoms with E-state index in [1.54, 1.807) is 6.07 Å². The number of benzene rings is 1. The van der Waals surface area contributed by atoms with Gasteiger partial charge in [-0.1, -0.05) is 18.0 Å². The van der Waals surface area contributed by atoms with Gasteiger partial charge in [-0.2, -0.15) is 0 Å². The van der Waals surface area contributed by atoms with E-state index in [-0.39, 0.29) is 5.84 Å². The second kappa shape index (κ2) is 6.41. The van der Waals surface area contributed by atoms with Crippen molar-refractivity contribution in [1.29, 1.82) is 0 Å². The molecular weight excluding hydrogens is 273 g/mol. The molecule has 1 saturated carbocycles. The third-order valence-electron chi connectivity index (χ3n) is 3.91. The van der Waals surface area contributed by atoms with Gasteiger partial charge in [0.15, 0.2) is 5.84 Å². The predicted molar refractivity (Wildman–Crippen MR) is 78.7 cm³/mol. The van der Waals surface area contributed by atoms with Crippen molar-refractivity contribution in [2.75, 3.05) is 13.6 Å². The summed E-state index contributed by atoms with van der Waals surface area (Å²) >= 11 is 0. The lowest BCUT2D eigenvalue weighted by molar-refractivity contribution is 0.0145. The molecule has 0 saturated heterocycles. The smallest absolute Gasteiger partial charge is 0.170 e. The predicted octanol–water partition coefficient (Wildman–Crippen LogP) is 1.66. The van der Waals surface area contributed by atoms with Gasteiger partial charge in [-0.3, -0.25) is 4.90 Å². The molecule has 0 aliphatic heterocycles. The number of halogens is 1. The van der Waals surface area contributed by atoms with Crippen molar-refractivity contribution in [3.8, 4) is 0 Å². The number of aliphatic hydroxyl groups is 1. The van der Waals surface area contributed by atoms with Crippen LogP contribution in [-0.2, 0) is 6.54 Å². The van der Waals surface area contributed by atoms with Gasteiger partial charge < -0.3 is 16.0 Å². The average molecular weight is 295 g/mol. The van der Waals surface area contributed by atoms with Gasteiger partial charge in [0.1, 0.15) is 5.82 Å². The molecule has 6 heteroatoms. The Balaban J connectivity index is 2.06. The Bertz CT molecular complexity index is 528. The molecule has 116 valence electrons. The minimum atomic E-state index is -0.628. The summed E-state index contributed by atoms with van der Waals surface area (Å²) in [4.78, 5) is 1.97. The van der Waals surface area contributed by atoms with Crippen LogP contribution in [0.15, 0.2) is 23.4 Å². The third kappa shape index (κ3) is 4.15. The summed E-state index contributed by atoms with van der Waals surface area (Å²) in [5, 5.41) is 21.9. The molecule has 1 aliphatic rings. The van der Waals surface area contributed by atoms with Crippen LogP contribution in [0.2, 0.25) is 0 Å². The van der Waals surface area contributed by atoms with Gasteiger partial charge in [-0.15, -0.1) is 0 Å². The van der Waals surface area contributed by atoms with E-state index in [4.69, 9.17) is 10.9 Å². The molecule has 0 unspecified atom stereocenters. The molecule has 1 fully saturated rings. The van der Waals surface area contributed by atoms with Crippen LogP contribution in [0.3, 0.4) is 0 Å². The Labute approximate surface area is 123 Å². The van der Waals surface area contributed by atoms with Crippen molar-refractivity contribution in [3.05, 3.63) is 35.1 Å². The maximum absolute atomic E-state index is 13.6. The van der Waals surface area contributed by atoms with Crippen molar-refractivity contribution < 1.29 is 14.7 Å². The van der Waals surface area contributed by atoms with Crippen LogP contribution in [0.5, 0.6) is 0 Å². The number of nitrogens with zero attached hydrogens (tertiary/aromatic N) is 2. The van der Waals surface area contributed by atoms with Gasteiger partial charge >= 0.3 is 0 Å². The molecule has 0 spiro atoms. The highest BCUT2D eigenvalue weighted by atomic mass is 19.1. The summed E-state index contributed by atoms with van der Waals surface area (Å²) in [6.07, 6.45) is 3.74. The van der Waals surface area contributed by atoms with Gasteiger partial charge in [-0.25, -0.2) is 4.39 Å². The van der Waals surface area contributed by atoms with Crippen molar-refractivity contribution in [3.63, 3.8) is 0 Å². The Morgan fingerprint density at radius 2 is 2.05 bits per heavy atom. The maximum atomic E-state index is 13.6. The Hall–Kier alpha value is -1.66. The molecule has 0 aromatic heterocycles. The lowest BCUT2D eigenvalue weighted by Crippen LogP contribution is -2.38. The van der Waals surface area contributed by atoms with E-state index in [1.165, 1.54) is 12.1 Å². The number of amidine groups is 1. The van der Waals surface area contributed by atoms with Crippen molar-refractivity contribution in [2.45, 2.75) is 37.8 Å². The van der Waals surface area contributed by atoms with E-state index >= 15 is 0 Å². The average Bonchev–Trinajstić information content (AvgIpc) is 2.83. The molecule has 0 radical (unpaired) electrons. The van der Waals surface area contributed by atoms with Crippen molar-refractivity contribution >= 4 is 5.84 Å². The topological polar surface area (TPSA) is 82.1 Å². The van der Waals surface area contributed by atoms with Crippen molar-refractivity contribution in [1.82, 2.24) is 4.90 Å². The summed E-state index contributed by atoms with van der Waals surface area (Å²) in [6.45, 7) is 1.05. The first kappa shape index (κ1) is 15.7. The molecule has 2 rings (SSSR count). The molecule has 4 N–H and O–H groups in total. The summed E-state index contributed by atoms with van der Waals surface area (Å²) in [5.74, 6) is -0.546. The van der Waals surface area contributed by atoms with Crippen LogP contribution in [0.25, 0.3) is 0 Å². The lowest BCUT2D eigenvalue weighted by atomic mass is 10.0. The summed E-state index contributed by atoms with van der Waals surface area (Å²) in [6, 6.07) is 4.33. The van der Waals surface area contributed by atoms with Crippen LogP contribution < -0.4 is 5.73 Å². The van der Waals surface area contributed by atoms with Crippen LogP contribution in [0.4, 0.5) is 4.39 Å². The van der Waals surface area contributed by atoms with E-state index in [2.05, 4.69) is 5.16 Å². The molecule has 0 bridgehead atoms. The van der Waals surface area contributed by atoms with E-state index in [0.717, 1.165) is 31.2 Å². The highest BCUT2D eigenvalue weighted by Gasteiger charge is 2.32. The molecule has 0 amide bonds. The second-order valence-electron chi connectivity index (χ2n) is 5.94. The van der Waals surface area contributed by atoms with Gasteiger partial charge in [0.05, 0.1) is 5.60 Å².